The zero-order chi connectivity index (χ0) is 21.7. The third kappa shape index (κ3) is 5.55. The molecular weight excluding hydrogens is 435 g/mol. The van der Waals surface area contributed by atoms with E-state index in [1.165, 1.54) is 6.07 Å². The number of fused-ring (bicyclic) bond motifs is 1. The van der Waals surface area contributed by atoms with Crippen LogP contribution in [-0.2, 0) is 14.3 Å². The van der Waals surface area contributed by atoms with E-state index in [2.05, 4.69) is 10.6 Å². The molecule has 1 atom stereocenters. The Bertz CT molecular complexity index is 982. The summed E-state index contributed by atoms with van der Waals surface area (Å²) in [6.07, 6.45) is 0. The molecule has 30 heavy (non-hydrogen) atoms. The molecular formula is C20H18Cl2N2O6. The lowest BCUT2D eigenvalue weighted by molar-refractivity contribution is -0.147. The van der Waals surface area contributed by atoms with E-state index in [1.807, 2.05) is 0 Å². The van der Waals surface area contributed by atoms with Crippen LogP contribution in [0.5, 0.6) is 11.5 Å². The highest BCUT2D eigenvalue weighted by Crippen LogP contribution is 2.32. The van der Waals surface area contributed by atoms with Gasteiger partial charge in [-0.3, -0.25) is 14.4 Å². The van der Waals surface area contributed by atoms with Crippen LogP contribution in [0.2, 0.25) is 10.0 Å². The van der Waals surface area contributed by atoms with E-state index in [0.29, 0.717) is 32.7 Å². The maximum Gasteiger partial charge on any atom is 0.325 e. The van der Waals surface area contributed by atoms with E-state index in [0.717, 1.165) is 0 Å². The lowest BCUT2D eigenvalue weighted by Gasteiger charge is -2.16. The Labute approximate surface area is 182 Å². The molecule has 2 amide bonds. The van der Waals surface area contributed by atoms with Crippen LogP contribution in [0.4, 0.5) is 0 Å². The van der Waals surface area contributed by atoms with Gasteiger partial charge in [0.15, 0.2) is 18.1 Å². The molecule has 2 aromatic carbocycles. The van der Waals surface area contributed by atoms with Crippen LogP contribution in [0, 0.1) is 0 Å². The number of esters is 1. The van der Waals surface area contributed by atoms with Gasteiger partial charge in [-0.05, 0) is 42.8 Å². The number of hydrogen-bond donors (Lipinski definition) is 2. The van der Waals surface area contributed by atoms with Gasteiger partial charge in [-0.25, -0.2) is 0 Å². The maximum absolute atomic E-state index is 12.1. The Morgan fingerprint density at radius 2 is 1.87 bits per heavy atom. The quantitative estimate of drug-likeness (QED) is 0.626. The first-order chi connectivity index (χ1) is 14.3. The third-order valence-electron chi connectivity index (χ3n) is 4.20. The van der Waals surface area contributed by atoms with E-state index in [-0.39, 0.29) is 13.3 Å². The molecule has 0 spiro atoms. The largest absolute Gasteiger partial charge is 0.454 e. The summed E-state index contributed by atoms with van der Waals surface area (Å²) >= 11 is 12.0. The summed E-state index contributed by atoms with van der Waals surface area (Å²) in [6, 6.07) is 9.19. The summed E-state index contributed by atoms with van der Waals surface area (Å²) in [7, 11) is 0. The molecule has 0 fully saturated rings. The Morgan fingerprint density at radius 3 is 2.63 bits per heavy atom. The van der Waals surface area contributed by atoms with Crippen molar-refractivity contribution in [3.63, 3.8) is 0 Å². The highest BCUT2D eigenvalue weighted by Gasteiger charge is 2.18. The first-order valence-electron chi connectivity index (χ1n) is 8.91. The summed E-state index contributed by atoms with van der Waals surface area (Å²) in [6.45, 7) is 0.950. The normalized spacial score (nSPS) is 12.8. The zero-order valence-electron chi connectivity index (χ0n) is 15.9. The number of carbonyl (C=O) groups is 3. The minimum atomic E-state index is -0.753. The molecule has 0 aromatic heterocycles. The minimum Gasteiger partial charge on any atom is -0.454 e. The first-order valence-corrected chi connectivity index (χ1v) is 9.67. The van der Waals surface area contributed by atoms with Crippen molar-refractivity contribution in [2.75, 3.05) is 19.9 Å². The van der Waals surface area contributed by atoms with Crippen molar-refractivity contribution in [2.45, 2.75) is 13.0 Å². The molecule has 0 radical (unpaired) electrons. The van der Waals surface area contributed by atoms with Crippen LogP contribution in [0.1, 0.15) is 28.9 Å². The standard InChI is InChI=1S/C20H18Cl2N2O6/c1-11(14-4-3-13(21)7-15(14)22)24-18(25)9-28-19(26)8-23-20(27)12-2-5-16-17(6-12)30-10-29-16/h2-7,11H,8-10H2,1H3,(H,23,27)(H,24,25). The number of hydrogen-bond acceptors (Lipinski definition) is 6. The fraction of sp³-hybridized carbons (Fsp3) is 0.250. The van der Waals surface area contributed by atoms with Crippen molar-refractivity contribution in [3.05, 3.63) is 57.6 Å². The number of ether oxygens (including phenoxy) is 3. The zero-order valence-corrected chi connectivity index (χ0v) is 17.4. The molecule has 8 nitrogen and oxygen atoms in total. The first kappa shape index (κ1) is 21.7. The number of amides is 2. The van der Waals surface area contributed by atoms with Gasteiger partial charge >= 0.3 is 5.97 Å². The van der Waals surface area contributed by atoms with E-state index < -0.39 is 30.4 Å². The van der Waals surface area contributed by atoms with Gasteiger partial charge in [-0.15, -0.1) is 0 Å². The molecule has 2 N–H and O–H groups in total. The monoisotopic (exact) mass is 452 g/mol. The second kappa shape index (κ2) is 9.69. The Morgan fingerprint density at radius 1 is 1.10 bits per heavy atom. The number of halogens is 2. The van der Waals surface area contributed by atoms with Crippen molar-refractivity contribution >= 4 is 41.0 Å². The van der Waals surface area contributed by atoms with Crippen molar-refractivity contribution in [3.8, 4) is 11.5 Å². The Kier molecular flexibility index (Phi) is 7.02. The molecule has 0 bridgehead atoms. The second-order valence-corrected chi connectivity index (χ2v) is 7.21. The molecule has 0 saturated heterocycles. The lowest BCUT2D eigenvalue weighted by Crippen LogP contribution is -2.34. The van der Waals surface area contributed by atoms with E-state index in [1.54, 1.807) is 37.3 Å². The van der Waals surface area contributed by atoms with Crippen LogP contribution in [0.15, 0.2) is 36.4 Å². The maximum atomic E-state index is 12.1. The molecule has 1 heterocycles. The van der Waals surface area contributed by atoms with Crippen molar-refractivity contribution in [1.29, 1.82) is 0 Å². The summed E-state index contributed by atoms with van der Waals surface area (Å²) in [5.74, 6) is -0.746. The molecule has 0 saturated carbocycles. The predicted molar refractivity (Wildman–Crippen MR) is 109 cm³/mol. The van der Waals surface area contributed by atoms with Crippen molar-refractivity contribution in [1.82, 2.24) is 10.6 Å². The molecule has 1 aliphatic heterocycles. The summed E-state index contributed by atoms with van der Waals surface area (Å²) in [5.41, 5.74) is 0.982. The van der Waals surface area contributed by atoms with Crippen molar-refractivity contribution < 1.29 is 28.6 Å². The molecule has 2 aromatic rings. The number of benzene rings is 2. The van der Waals surface area contributed by atoms with E-state index in [4.69, 9.17) is 37.4 Å². The van der Waals surface area contributed by atoms with Gasteiger partial charge in [-0.1, -0.05) is 29.3 Å². The van der Waals surface area contributed by atoms with Gasteiger partial charge < -0.3 is 24.8 Å². The van der Waals surface area contributed by atoms with Crippen molar-refractivity contribution in [2.24, 2.45) is 0 Å². The number of carbonyl (C=O) groups excluding carboxylic acids is 3. The molecule has 158 valence electrons. The van der Waals surface area contributed by atoms with Gasteiger partial charge in [0, 0.05) is 15.6 Å². The molecule has 1 unspecified atom stereocenters. The van der Waals surface area contributed by atoms with Gasteiger partial charge in [-0.2, -0.15) is 0 Å². The van der Waals surface area contributed by atoms with Crippen LogP contribution in [0.25, 0.3) is 0 Å². The van der Waals surface area contributed by atoms with Gasteiger partial charge in [0.1, 0.15) is 6.54 Å². The summed E-state index contributed by atoms with van der Waals surface area (Å²) in [5, 5.41) is 5.99. The molecule has 0 aliphatic carbocycles. The molecule has 3 rings (SSSR count). The number of rotatable bonds is 7. The summed E-state index contributed by atoms with van der Waals surface area (Å²) < 4.78 is 15.3. The highest BCUT2D eigenvalue weighted by molar-refractivity contribution is 6.35. The van der Waals surface area contributed by atoms with Gasteiger partial charge in [0.2, 0.25) is 6.79 Å². The van der Waals surface area contributed by atoms with Crippen LogP contribution >= 0.6 is 23.2 Å². The van der Waals surface area contributed by atoms with Crippen LogP contribution < -0.4 is 20.1 Å². The Balaban J connectivity index is 1.41. The van der Waals surface area contributed by atoms with E-state index >= 15 is 0 Å². The van der Waals surface area contributed by atoms with Crippen LogP contribution in [0.3, 0.4) is 0 Å². The van der Waals surface area contributed by atoms with E-state index in [9.17, 15) is 14.4 Å². The summed E-state index contributed by atoms with van der Waals surface area (Å²) in [4.78, 5) is 36.0. The SMILES string of the molecule is CC(NC(=O)COC(=O)CNC(=O)c1ccc2c(c1)OCO2)c1ccc(Cl)cc1Cl. The predicted octanol–water partition coefficient (Wildman–Crippen LogP) is 2.87. The second-order valence-electron chi connectivity index (χ2n) is 6.37. The molecule has 10 heteroatoms. The van der Waals surface area contributed by atoms with Gasteiger partial charge in [0.05, 0.1) is 6.04 Å². The third-order valence-corrected chi connectivity index (χ3v) is 4.76. The lowest BCUT2D eigenvalue weighted by atomic mass is 10.1. The average Bonchev–Trinajstić information content (AvgIpc) is 3.18. The van der Waals surface area contributed by atoms with Gasteiger partial charge in [0.25, 0.3) is 11.8 Å². The fourth-order valence-corrected chi connectivity index (χ4v) is 3.28. The number of nitrogens with one attached hydrogen (secondary N) is 2. The average molecular weight is 453 g/mol. The fourth-order valence-electron chi connectivity index (χ4n) is 2.70. The molecule has 1 aliphatic rings. The minimum absolute atomic E-state index is 0.0949. The highest BCUT2D eigenvalue weighted by atomic mass is 35.5. The topological polar surface area (TPSA) is 103 Å². The Hall–Kier alpha value is -2.97. The smallest absolute Gasteiger partial charge is 0.325 e. The van der Waals surface area contributed by atoms with Crippen LogP contribution in [-0.4, -0.2) is 37.7 Å².